The van der Waals surface area contributed by atoms with Crippen LogP contribution < -0.4 is 10.6 Å². The lowest BCUT2D eigenvalue weighted by molar-refractivity contribution is 0.529. The summed E-state index contributed by atoms with van der Waals surface area (Å²) in [6, 6.07) is 9.72. The average Bonchev–Trinajstić information content (AvgIpc) is 3.20. The van der Waals surface area contributed by atoms with Gasteiger partial charge in [0.1, 0.15) is 21.8 Å². The van der Waals surface area contributed by atoms with Crippen molar-refractivity contribution >= 4 is 15.8 Å². The van der Waals surface area contributed by atoms with Crippen LogP contribution in [0.2, 0.25) is 0 Å². The number of hydrogen-bond acceptors (Lipinski definition) is 5. The molecule has 7 nitrogen and oxygen atoms in total. The van der Waals surface area contributed by atoms with Crippen molar-refractivity contribution in [3.8, 4) is 11.5 Å². The van der Waals surface area contributed by atoms with Crippen molar-refractivity contribution in [2.24, 2.45) is 10.4 Å². The van der Waals surface area contributed by atoms with Crippen LogP contribution in [0.1, 0.15) is 25.5 Å². The van der Waals surface area contributed by atoms with Gasteiger partial charge in [0.05, 0.1) is 12.3 Å². The van der Waals surface area contributed by atoms with E-state index in [1.54, 1.807) is 6.26 Å². The third-order valence-corrected chi connectivity index (χ3v) is 5.61. The van der Waals surface area contributed by atoms with Crippen LogP contribution in [0.5, 0.6) is 0 Å². The van der Waals surface area contributed by atoms with Crippen LogP contribution in [0.3, 0.4) is 0 Å². The van der Waals surface area contributed by atoms with Gasteiger partial charge in [-0.05, 0) is 31.9 Å². The van der Waals surface area contributed by atoms with E-state index < -0.39 is 9.84 Å². The summed E-state index contributed by atoms with van der Waals surface area (Å²) in [5.41, 5.74) is 1.51. The standard InChI is InChI=1S/C19H26N4O3S/c1-3-20-18(22-13-19(9-10-19)14-27(2,24)25)21-11-16-12-26-17(23-16)15-7-5-4-6-8-15/h4-8,12H,3,9-11,13-14H2,1-2H3,(H2,20,21,22). The Labute approximate surface area is 160 Å². The molecule has 1 aromatic heterocycles. The van der Waals surface area contributed by atoms with Crippen molar-refractivity contribution in [1.29, 1.82) is 0 Å². The van der Waals surface area contributed by atoms with E-state index in [2.05, 4.69) is 20.6 Å². The second-order valence-electron chi connectivity index (χ2n) is 7.13. The first kappa shape index (κ1) is 19.4. The number of sulfone groups is 1. The number of hydrogen-bond donors (Lipinski definition) is 2. The lowest BCUT2D eigenvalue weighted by Crippen LogP contribution is -2.41. The Balaban J connectivity index is 1.60. The molecule has 8 heteroatoms. The number of rotatable bonds is 8. The van der Waals surface area contributed by atoms with E-state index >= 15 is 0 Å². The maximum Gasteiger partial charge on any atom is 0.226 e. The first-order valence-corrected chi connectivity index (χ1v) is 11.1. The average molecular weight is 391 g/mol. The predicted molar refractivity (Wildman–Crippen MR) is 106 cm³/mol. The molecule has 0 spiro atoms. The van der Waals surface area contributed by atoms with Gasteiger partial charge >= 0.3 is 0 Å². The fourth-order valence-corrected chi connectivity index (χ4v) is 4.47. The van der Waals surface area contributed by atoms with Gasteiger partial charge in [0.15, 0.2) is 5.96 Å². The number of nitrogens with one attached hydrogen (secondary N) is 2. The number of aromatic nitrogens is 1. The fraction of sp³-hybridized carbons (Fsp3) is 0.474. The normalized spacial score (nSPS) is 16.1. The molecule has 0 amide bonds. The number of guanidine groups is 1. The number of benzene rings is 1. The highest BCUT2D eigenvalue weighted by atomic mass is 32.2. The summed E-state index contributed by atoms with van der Waals surface area (Å²) in [4.78, 5) is 9.01. The highest BCUT2D eigenvalue weighted by Gasteiger charge is 2.45. The molecule has 0 radical (unpaired) electrons. The van der Waals surface area contributed by atoms with Gasteiger partial charge < -0.3 is 15.1 Å². The van der Waals surface area contributed by atoms with Gasteiger partial charge in [-0.25, -0.2) is 18.4 Å². The van der Waals surface area contributed by atoms with Gasteiger partial charge in [-0.3, -0.25) is 0 Å². The van der Waals surface area contributed by atoms with E-state index in [1.807, 2.05) is 37.3 Å². The molecule has 1 aromatic carbocycles. The molecule has 0 aliphatic heterocycles. The van der Waals surface area contributed by atoms with Crippen LogP contribution in [0.25, 0.3) is 11.5 Å². The van der Waals surface area contributed by atoms with Crippen LogP contribution in [-0.4, -0.2) is 44.5 Å². The summed E-state index contributed by atoms with van der Waals surface area (Å²) in [6.45, 7) is 3.69. The molecule has 1 aliphatic rings. The quantitative estimate of drug-likeness (QED) is 0.530. The Bertz CT molecular complexity index is 887. The van der Waals surface area contributed by atoms with E-state index in [9.17, 15) is 8.42 Å². The maximum atomic E-state index is 11.6. The van der Waals surface area contributed by atoms with Crippen molar-refractivity contribution in [3.63, 3.8) is 0 Å². The molecule has 1 saturated carbocycles. The van der Waals surface area contributed by atoms with Gasteiger partial charge in [-0.2, -0.15) is 0 Å². The number of aliphatic imine (C=N–C) groups is 1. The molecule has 1 aliphatic carbocycles. The summed E-state index contributed by atoms with van der Waals surface area (Å²) in [6.07, 6.45) is 4.76. The number of nitrogens with zero attached hydrogens (tertiary/aromatic N) is 2. The first-order valence-electron chi connectivity index (χ1n) is 9.09. The summed E-state index contributed by atoms with van der Waals surface area (Å²) in [5.74, 6) is 1.45. The monoisotopic (exact) mass is 390 g/mol. The van der Waals surface area contributed by atoms with Gasteiger partial charge in [0.25, 0.3) is 0 Å². The minimum absolute atomic E-state index is 0.155. The van der Waals surface area contributed by atoms with Gasteiger partial charge in [0, 0.05) is 30.3 Å². The smallest absolute Gasteiger partial charge is 0.226 e. The lowest BCUT2D eigenvalue weighted by Gasteiger charge is -2.17. The van der Waals surface area contributed by atoms with E-state index in [0.29, 0.717) is 24.9 Å². The zero-order valence-electron chi connectivity index (χ0n) is 15.7. The highest BCUT2D eigenvalue weighted by molar-refractivity contribution is 7.90. The molecule has 1 heterocycles. The van der Waals surface area contributed by atoms with Gasteiger partial charge in [0.2, 0.25) is 5.89 Å². The SMILES string of the molecule is CCNC(=NCc1coc(-c2ccccc2)n1)NCC1(CS(C)(=O)=O)CC1. The lowest BCUT2D eigenvalue weighted by atomic mass is 10.1. The van der Waals surface area contributed by atoms with Crippen molar-refractivity contribution in [1.82, 2.24) is 15.6 Å². The minimum Gasteiger partial charge on any atom is -0.444 e. The Hall–Kier alpha value is -2.35. The van der Waals surface area contributed by atoms with Crippen molar-refractivity contribution < 1.29 is 12.8 Å². The molecule has 0 unspecified atom stereocenters. The minimum atomic E-state index is -2.98. The van der Waals surface area contributed by atoms with E-state index in [0.717, 1.165) is 30.6 Å². The van der Waals surface area contributed by atoms with Crippen molar-refractivity contribution in [2.45, 2.75) is 26.3 Å². The summed E-state index contributed by atoms with van der Waals surface area (Å²) in [5, 5.41) is 6.46. The molecular weight excluding hydrogens is 364 g/mol. The molecule has 3 rings (SSSR count). The molecule has 0 atom stereocenters. The van der Waals surface area contributed by atoms with Crippen LogP contribution in [0.4, 0.5) is 0 Å². The van der Waals surface area contributed by atoms with E-state index in [4.69, 9.17) is 4.42 Å². The molecule has 27 heavy (non-hydrogen) atoms. The molecule has 146 valence electrons. The van der Waals surface area contributed by atoms with Gasteiger partial charge in [-0.1, -0.05) is 18.2 Å². The topological polar surface area (TPSA) is 96.6 Å². The zero-order chi connectivity index (χ0) is 19.3. The fourth-order valence-electron chi connectivity index (χ4n) is 2.97. The van der Waals surface area contributed by atoms with Crippen LogP contribution >= 0.6 is 0 Å². The Morgan fingerprint density at radius 3 is 2.63 bits per heavy atom. The Kier molecular flexibility index (Phi) is 5.84. The summed E-state index contributed by atoms with van der Waals surface area (Å²) >= 11 is 0. The van der Waals surface area contributed by atoms with Gasteiger partial charge in [-0.15, -0.1) is 0 Å². The second kappa shape index (κ2) is 8.12. The molecule has 0 bridgehead atoms. The molecule has 0 saturated heterocycles. The molecular formula is C19H26N4O3S. The zero-order valence-corrected chi connectivity index (χ0v) is 16.6. The van der Waals surface area contributed by atoms with Crippen LogP contribution in [0.15, 0.2) is 46.0 Å². The highest BCUT2D eigenvalue weighted by Crippen LogP contribution is 2.45. The van der Waals surface area contributed by atoms with Crippen LogP contribution in [0, 0.1) is 5.41 Å². The second-order valence-corrected chi connectivity index (χ2v) is 9.27. The molecule has 1 fully saturated rings. The number of oxazole rings is 1. The Morgan fingerprint density at radius 1 is 1.26 bits per heavy atom. The predicted octanol–water partition coefficient (Wildman–Crippen LogP) is 2.22. The maximum absolute atomic E-state index is 11.6. The first-order chi connectivity index (χ1) is 12.9. The Morgan fingerprint density at radius 2 is 2.00 bits per heavy atom. The van der Waals surface area contributed by atoms with E-state index in [-0.39, 0.29) is 11.2 Å². The van der Waals surface area contributed by atoms with Crippen LogP contribution in [-0.2, 0) is 16.4 Å². The van der Waals surface area contributed by atoms with E-state index in [1.165, 1.54) is 6.26 Å². The van der Waals surface area contributed by atoms with Crippen molar-refractivity contribution in [2.75, 3.05) is 25.1 Å². The summed E-state index contributed by atoms with van der Waals surface area (Å²) < 4.78 is 28.7. The third kappa shape index (κ3) is 5.82. The summed E-state index contributed by atoms with van der Waals surface area (Å²) in [7, 11) is -2.98. The third-order valence-electron chi connectivity index (χ3n) is 4.47. The molecule has 2 N–H and O–H groups in total. The molecule has 2 aromatic rings. The largest absolute Gasteiger partial charge is 0.444 e. The van der Waals surface area contributed by atoms with Crippen molar-refractivity contribution in [3.05, 3.63) is 42.3 Å².